The molecule has 2 fully saturated rings. The minimum absolute atomic E-state index is 0.0403. The Morgan fingerprint density at radius 1 is 1.40 bits per heavy atom. The van der Waals surface area contributed by atoms with Crippen LogP contribution in [0.1, 0.15) is 40.5 Å². The Morgan fingerprint density at radius 2 is 2.10 bits per heavy atom. The highest BCUT2D eigenvalue weighted by Gasteiger charge is 2.41. The van der Waals surface area contributed by atoms with Crippen LogP contribution in [-0.2, 0) is 14.3 Å². The first-order chi connectivity index (χ1) is 9.45. The third kappa shape index (κ3) is 2.82. The van der Waals surface area contributed by atoms with Gasteiger partial charge in [-0.05, 0) is 26.2 Å². The van der Waals surface area contributed by atoms with Gasteiger partial charge in [0.25, 0.3) is 0 Å². The molecule has 5 atom stereocenters. The molecule has 0 aliphatic carbocycles. The second-order valence-corrected chi connectivity index (χ2v) is 6.16. The highest BCUT2D eigenvalue weighted by atomic mass is 16.5. The van der Waals surface area contributed by atoms with Crippen molar-refractivity contribution in [3.8, 4) is 0 Å². The van der Waals surface area contributed by atoms with E-state index in [9.17, 15) is 9.59 Å². The number of hydrogen-bond donors (Lipinski definition) is 1. The van der Waals surface area contributed by atoms with Gasteiger partial charge in [0.15, 0.2) is 0 Å². The van der Waals surface area contributed by atoms with Crippen LogP contribution in [0.2, 0.25) is 0 Å². The highest BCUT2D eigenvalue weighted by Crippen LogP contribution is 2.25. The zero-order valence-corrected chi connectivity index (χ0v) is 12.9. The third-order valence-electron chi connectivity index (χ3n) is 4.87. The van der Waals surface area contributed by atoms with E-state index in [1.165, 1.54) is 0 Å². The van der Waals surface area contributed by atoms with Crippen molar-refractivity contribution in [3.05, 3.63) is 0 Å². The zero-order valence-electron chi connectivity index (χ0n) is 12.9. The van der Waals surface area contributed by atoms with E-state index in [-0.39, 0.29) is 35.9 Å². The van der Waals surface area contributed by atoms with E-state index < -0.39 is 0 Å². The zero-order chi connectivity index (χ0) is 14.9. The van der Waals surface area contributed by atoms with Gasteiger partial charge in [-0.2, -0.15) is 0 Å². The monoisotopic (exact) mass is 282 g/mol. The number of ether oxygens (including phenoxy) is 1. The largest absolute Gasteiger partial charge is 0.378 e. The van der Waals surface area contributed by atoms with Gasteiger partial charge in [0.05, 0.1) is 6.10 Å². The molecule has 2 aliphatic rings. The fraction of sp³-hybridized carbons (Fsp3) is 0.867. The first kappa shape index (κ1) is 15.3. The Morgan fingerprint density at radius 3 is 2.65 bits per heavy atom. The van der Waals surface area contributed by atoms with Gasteiger partial charge in [-0.3, -0.25) is 9.59 Å². The predicted molar refractivity (Wildman–Crippen MR) is 76.1 cm³/mol. The molecule has 0 aromatic rings. The number of nitrogens with zero attached hydrogens (tertiary/aromatic N) is 1. The van der Waals surface area contributed by atoms with Gasteiger partial charge in [0.2, 0.25) is 11.8 Å². The average molecular weight is 282 g/mol. The number of hydrogen-bond acceptors (Lipinski definition) is 3. The van der Waals surface area contributed by atoms with Crippen molar-refractivity contribution in [2.24, 2.45) is 11.8 Å². The summed E-state index contributed by atoms with van der Waals surface area (Å²) >= 11 is 0. The molecule has 20 heavy (non-hydrogen) atoms. The van der Waals surface area contributed by atoms with Gasteiger partial charge in [-0.15, -0.1) is 0 Å². The third-order valence-corrected chi connectivity index (χ3v) is 4.87. The molecule has 5 unspecified atom stereocenters. The Labute approximate surface area is 121 Å². The van der Waals surface area contributed by atoms with Crippen LogP contribution in [0.25, 0.3) is 0 Å². The van der Waals surface area contributed by atoms with Crippen LogP contribution < -0.4 is 5.32 Å². The standard InChI is InChI=1S/C15H26N2O3/c1-5-9(2)13-15(19)17(10(3)14(18)16-13)8-12-6-7-20-11(12)4/h9-13H,5-8H2,1-4H3,(H,16,18). The van der Waals surface area contributed by atoms with Gasteiger partial charge >= 0.3 is 0 Å². The summed E-state index contributed by atoms with van der Waals surface area (Å²) in [6.45, 7) is 9.28. The fourth-order valence-electron chi connectivity index (χ4n) is 2.98. The van der Waals surface area contributed by atoms with Crippen molar-refractivity contribution in [1.82, 2.24) is 10.2 Å². The van der Waals surface area contributed by atoms with Crippen LogP contribution in [-0.4, -0.2) is 48.1 Å². The molecule has 2 heterocycles. The van der Waals surface area contributed by atoms with Gasteiger partial charge in [0, 0.05) is 19.1 Å². The van der Waals surface area contributed by atoms with Gasteiger partial charge in [-0.1, -0.05) is 20.3 Å². The van der Waals surface area contributed by atoms with Crippen LogP contribution in [0.15, 0.2) is 0 Å². The summed E-state index contributed by atoms with van der Waals surface area (Å²) in [6.07, 6.45) is 2.01. The van der Waals surface area contributed by atoms with Gasteiger partial charge in [-0.25, -0.2) is 0 Å². The molecular weight excluding hydrogens is 256 g/mol. The lowest BCUT2D eigenvalue weighted by Crippen LogP contribution is -2.64. The van der Waals surface area contributed by atoms with E-state index in [0.717, 1.165) is 19.4 Å². The fourth-order valence-corrected chi connectivity index (χ4v) is 2.98. The number of amides is 2. The molecule has 2 amide bonds. The molecule has 2 aliphatic heterocycles. The summed E-state index contributed by atoms with van der Waals surface area (Å²) < 4.78 is 5.56. The van der Waals surface area contributed by atoms with Crippen molar-refractivity contribution >= 4 is 11.8 Å². The minimum Gasteiger partial charge on any atom is -0.378 e. The maximum Gasteiger partial charge on any atom is 0.246 e. The summed E-state index contributed by atoms with van der Waals surface area (Å²) in [6, 6.07) is -0.753. The maximum absolute atomic E-state index is 12.6. The number of rotatable bonds is 4. The molecule has 0 saturated carbocycles. The van der Waals surface area contributed by atoms with Crippen LogP contribution >= 0.6 is 0 Å². The van der Waals surface area contributed by atoms with Crippen molar-refractivity contribution < 1.29 is 14.3 Å². The van der Waals surface area contributed by atoms with Crippen molar-refractivity contribution in [1.29, 1.82) is 0 Å². The summed E-state index contributed by atoms with van der Waals surface area (Å²) in [4.78, 5) is 26.5. The quantitative estimate of drug-likeness (QED) is 0.842. The first-order valence-corrected chi connectivity index (χ1v) is 7.68. The number of carbonyl (C=O) groups excluding carboxylic acids is 2. The summed E-state index contributed by atoms with van der Waals surface area (Å²) in [5, 5.41) is 2.87. The molecule has 0 bridgehead atoms. The highest BCUT2D eigenvalue weighted by molar-refractivity contribution is 5.96. The molecular formula is C15H26N2O3. The summed E-state index contributed by atoms with van der Waals surface area (Å²) in [5.41, 5.74) is 0. The Bertz CT molecular complexity index is 385. The second kappa shape index (κ2) is 6.12. The average Bonchev–Trinajstić information content (AvgIpc) is 2.83. The van der Waals surface area contributed by atoms with E-state index in [1.807, 2.05) is 20.8 Å². The van der Waals surface area contributed by atoms with Gasteiger partial charge < -0.3 is 15.0 Å². The van der Waals surface area contributed by atoms with Crippen LogP contribution in [0.4, 0.5) is 0 Å². The van der Waals surface area contributed by atoms with Crippen LogP contribution in [0.5, 0.6) is 0 Å². The van der Waals surface area contributed by atoms with Gasteiger partial charge in [0.1, 0.15) is 12.1 Å². The molecule has 2 rings (SSSR count). The molecule has 0 radical (unpaired) electrons. The van der Waals surface area contributed by atoms with E-state index in [2.05, 4.69) is 5.32 Å². The van der Waals surface area contributed by atoms with E-state index in [0.29, 0.717) is 12.5 Å². The number of piperazine rings is 1. The van der Waals surface area contributed by atoms with Crippen molar-refractivity contribution in [3.63, 3.8) is 0 Å². The molecule has 114 valence electrons. The molecule has 5 nitrogen and oxygen atoms in total. The number of carbonyl (C=O) groups is 2. The van der Waals surface area contributed by atoms with Crippen LogP contribution in [0, 0.1) is 11.8 Å². The van der Waals surface area contributed by atoms with E-state index in [4.69, 9.17) is 4.74 Å². The lowest BCUT2D eigenvalue weighted by atomic mass is 9.93. The SMILES string of the molecule is CCC(C)C1NC(=O)C(C)N(CC2CCOC2C)C1=O. The second-order valence-electron chi connectivity index (χ2n) is 6.16. The molecule has 0 aromatic carbocycles. The smallest absolute Gasteiger partial charge is 0.246 e. The summed E-state index contributed by atoms with van der Waals surface area (Å²) in [5.74, 6) is 0.524. The van der Waals surface area contributed by atoms with E-state index in [1.54, 1.807) is 11.8 Å². The minimum atomic E-state index is -0.379. The van der Waals surface area contributed by atoms with Crippen molar-refractivity contribution in [2.45, 2.75) is 58.7 Å². The molecule has 1 N–H and O–H groups in total. The maximum atomic E-state index is 12.6. The predicted octanol–water partition coefficient (Wildman–Crippen LogP) is 1.17. The Balaban J connectivity index is 2.11. The lowest BCUT2D eigenvalue weighted by Gasteiger charge is -2.40. The first-order valence-electron chi connectivity index (χ1n) is 7.68. The summed E-state index contributed by atoms with van der Waals surface area (Å²) in [7, 11) is 0. The normalized spacial score (nSPS) is 36.1. The topological polar surface area (TPSA) is 58.6 Å². The Kier molecular flexibility index (Phi) is 4.68. The lowest BCUT2D eigenvalue weighted by molar-refractivity contribution is -0.151. The molecule has 2 saturated heterocycles. The van der Waals surface area contributed by atoms with Crippen molar-refractivity contribution in [2.75, 3.05) is 13.2 Å². The Hall–Kier alpha value is -1.10. The molecule has 5 heteroatoms. The number of nitrogens with one attached hydrogen (secondary N) is 1. The van der Waals surface area contributed by atoms with Crippen LogP contribution in [0.3, 0.4) is 0 Å². The van der Waals surface area contributed by atoms with E-state index >= 15 is 0 Å². The molecule has 0 aromatic heterocycles. The molecule has 0 spiro atoms.